The Bertz CT molecular complexity index is 787. The fraction of sp³-hybridized carbons (Fsp3) is 0.421. The van der Waals surface area contributed by atoms with Crippen molar-refractivity contribution in [3.63, 3.8) is 0 Å². The highest BCUT2D eigenvalue weighted by Crippen LogP contribution is 2.27. The normalized spacial score (nSPS) is 11.5. The summed E-state index contributed by atoms with van der Waals surface area (Å²) >= 11 is 1.67. The Labute approximate surface area is 164 Å². The zero-order chi connectivity index (χ0) is 19.6. The molecule has 2 rings (SSSR count). The zero-order valence-corrected chi connectivity index (χ0v) is 16.9. The van der Waals surface area contributed by atoms with E-state index in [-0.39, 0.29) is 11.5 Å². The van der Waals surface area contributed by atoms with Gasteiger partial charge in [0.05, 0.1) is 16.4 Å². The van der Waals surface area contributed by atoms with Crippen LogP contribution in [0.3, 0.4) is 0 Å². The smallest absolute Gasteiger partial charge is 0.150 e. The molecule has 0 amide bonds. The van der Waals surface area contributed by atoms with E-state index in [0.29, 0.717) is 5.69 Å². The van der Waals surface area contributed by atoms with Gasteiger partial charge >= 0.3 is 0 Å². The molecule has 1 aromatic carbocycles. The second-order valence-electron chi connectivity index (χ2n) is 5.92. The Balaban J connectivity index is 1.70. The van der Waals surface area contributed by atoms with Crippen LogP contribution < -0.4 is 16.0 Å². The lowest BCUT2D eigenvalue weighted by Gasteiger charge is -2.10. The van der Waals surface area contributed by atoms with Crippen molar-refractivity contribution in [1.82, 2.24) is 10.3 Å². The van der Waals surface area contributed by atoms with Crippen LogP contribution >= 0.6 is 11.3 Å². The molecule has 2 aromatic rings. The standard InChI is InChI=1S/C19H27FN6S/c1-13(21-2)17-19(23-4)27-16(26-17)9-12-24-10-6-11-25-15-8-5-7-14(20)18(15)22-3/h5,7-8,23-25H,3,6,9-12H2,1-2,4H3. The van der Waals surface area contributed by atoms with Gasteiger partial charge in [-0.15, -0.1) is 11.3 Å². The number of aromatic nitrogens is 1. The van der Waals surface area contributed by atoms with Gasteiger partial charge < -0.3 is 16.0 Å². The van der Waals surface area contributed by atoms with Gasteiger partial charge in [-0.1, -0.05) is 6.07 Å². The number of aliphatic imine (C=N–C) groups is 2. The van der Waals surface area contributed by atoms with E-state index >= 15 is 0 Å². The molecule has 6 nitrogen and oxygen atoms in total. The number of thiazole rings is 1. The molecule has 1 heterocycles. The van der Waals surface area contributed by atoms with E-state index in [1.807, 2.05) is 20.0 Å². The number of nitrogens with one attached hydrogen (secondary N) is 3. The van der Waals surface area contributed by atoms with E-state index in [0.717, 1.165) is 53.9 Å². The van der Waals surface area contributed by atoms with Crippen molar-refractivity contribution >= 4 is 40.1 Å². The molecule has 0 aliphatic carbocycles. The first-order valence-corrected chi connectivity index (χ1v) is 9.73. The summed E-state index contributed by atoms with van der Waals surface area (Å²) in [5.41, 5.74) is 2.82. The maximum atomic E-state index is 13.6. The van der Waals surface area contributed by atoms with Crippen LogP contribution in [0.25, 0.3) is 0 Å². The number of hydrogen-bond acceptors (Lipinski definition) is 7. The predicted molar refractivity (Wildman–Crippen MR) is 115 cm³/mol. The fourth-order valence-electron chi connectivity index (χ4n) is 2.57. The molecular formula is C19H27FN6S. The molecule has 0 unspecified atom stereocenters. The molecular weight excluding hydrogens is 363 g/mol. The van der Waals surface area contributed by atoms with E-state index in [2.05, 4.69) is 37.6 Å². The summed E-state index contributed by atoms with van der Waals surface area (Å²) in [5, 5.41) is 11.9. The Kier molecular flexibility index (Phi) is 8.35. The summed E-state index contributed by atoms with van der Waals surface area (Å²) in [4.78, 5) is 12.6. The molecule has 0 saturated heterocycles. The second kappa shape index (κ2) is 10.7. The van der Waals surface area contributed by atoms with Crippen molar-refractivity contribution in [1.29, 1.82) is 0 Å². The van der Waals surface area contributed by atoms with Crippen LogP contribution in [-0.4, -0.2) is 51.1 Å². The molecule has 0 bridgehead atoms. The molecule has 0 spiro atoms. The van der Waals surface area contributed by atoms with Gasteiger partial charge in [0.15, 0.2) is 5.82 Å². The van der Waals surface area contributed by atoms with Gasteiger partial charge in [-0.05, 0) is 38.7 Å². The highest BCUT2D eigenvalue weighted by molar-refractivity contribution is 7.16. The Hall–Kier alpha value is -2.32. The molecule has 0 fully saturated rings. The van der Waals surface area contributed by atoms with Crippen LogP contribution in [0.15, 0.2) is 28.2 Å². The number of rotatable bonds is 11. The first kappa shape index (κ1) is 21.0. The SMILES string of the molecule is C=Nc1c(F)cccc1NCCCNCCc1nc(C(C)=NC)c(NC)s1. The van der Waals surface area contributed by atoms with Gasteiger partial charge in [-0.25, -0.2) is 9.37 Å². The molecule has 0 atom stereocenters. The summed E-state index contributed by atoms with van der Waals surface area (Å²) in [5.74, 6) is -0.361. The lowest BCUT2D eigenvalue weighted by Crippen LogP contribution is -2.20. The second-order valence-corrected chi connectivity index (χ2v) is 7.00. The van der Waals surface area contributed by atoms with Gasteiger partial charge in [0.1, 0.15) is 16.4 Å². The van der Waals surface area contributed by atoms with Crippen molar-refractivity contribution in [2.75, 3.05) is 44.4 Å². The number of hydrogen-bond donors (Lipinski definition) is 3. The minimum Gasteiger partial charge on any atom is -0.383 e. The largest absolute Gasteiger partial charge is 0.383 e. The first-order valence-electron chi connectivity index (χ1n) is 8.91. The molecule has 0 radical (unpaired) electrons. The highest BCUT2D eigenvalue weighted by atomic mass is 32.1. The summed E-state index contributed by atoms with van der Waals surface area (Å²) in [6, 6.07) is 4.85. The molecule has 27 heavy (non-hydrogen) atoms. The molecule has 0 aliphatic heterocycles. The molecule has 0 aliphatic rings. The van der Waals surface area contributed by atoms with Crippen LogP contribution in [0.1, 0.15) is 24.0 Å². The van der Waals surface area contributed by atoms with Crippen LogP contribution in [0.4, 0.5) is 20.8 Å². The molecule has 0 saturated carbocycles. The third-order valence-corrected chi connectivity index (χ3v) is 5.22. The van der Waals surface area contributed by atoms with Crippen LogP contribution in [0.5, 0.6) is 0 Å². The van der Waals surface area contributed by atoms with Crippen LogP contribution in [0, 0.1) is 5.82 Å². The van der Waals surface area contributed by atoms with Gasteiger partial charge in [-0.3, -0.25) is 9.98 Å². The highest BCUT2D eigenvalue weighted by Gasteiger charge is 2.12. The number of halogens is 1. The molecule has 146 valence electrons. The first-order chi connectivity index (χ1) is 13.1. The predicted octanol–water partition coefficient (Wildman–Crippen LogP) is 3.73. The number of benzene rings is 1. The van der Waals surface area contributed by atoms with Crippen molar-refractivity contribution in [3.8, 4) is 0 Å². The fourth-order valence-corrected chi connectivity index (χ4v) is 3.54. The van der Waals surface area contributed by atoms with Gasteiger partial charge in [-0.2, -0.15) is 0 Å². The quantitative estimate of drug-likeness (QED) is 0.404. The van der Waals surface area contributed by atoms with E-state index in [1.165, 1.54) is 6.07 Å². The van der Waals surface area contributed by atoms with Crippen molar-refractivity contribution in [2.45, 2.75) is 19.8 Å². The maximum absolute atomic E-state index is 13.6. The third kappa shape index (κ3) is 5.83. The lowest BCUT2D eigenvalue weighted by molar-refractivity contribution is 0.630. The topological polar surface area (TPSA) is 73.7 Å². The van der Waals surface area contributed by atoms with Crippen LogP contribution in [-0.2, 0) is 6.42 Å². The Morgan fingerprint density at radius 2 is 2.11 bits per heavy atom. The summed E-state index contributed by atoms with van der Waals surface area (Å²) in [6.45, 7) is 7.85. The van der Waals surface area contributed by atoms with E-state index in [1.54, 1.807) is 24.5 Å². The molecule has 3 N–H and O–H groups in total. The van der Waals surface area contributed by atoms with Crippen LogP contribution in [0.2, 0.25) is 0 Å². The minimum atomic E-state index is -0.361. The summed E-state index contributed by atoms with van der Waals surface area (Å²) in [7, 11) is 3.68. The average Bonchev–Trinajstić information content (AvgIpc) is 3.10. The van der Waals surface area contributed by atoms with Gasteiger partial charge in [0.25, 0.3) is 0 Å². The number of anilines is 2. The third-order valence-electron chi connectivity index (χ3n) is 4.08. The Morgan fingerprint density at radius 1 is 1.30 bits per heavy atom. The van der Waals surface area contributed by atoms with E-state index < -0.39 is 0 Å². The number of nitrogens with zero attached hydrogens (tertiary/aromatic N) is 3. The van der Waals surface area contributed by atoms with E-state index in [9.17, 15) is 4.39 Å². The van der Waals surface area contributed by atoms with E-state index in [4.69, 9.17) is 0 Å². The lowest BCUT2D eigenvalue weighted by atomic mass is 10.2. The van der Waals surface area contributed by atoms with Crippen molar-refractivity contribution in [3.05, 3.63) is 34.7 Å². The van der Waals surface area contributed by atoms with Gasteiger partial charge in [0.2, 0.25) is 0 Å². The Morgan fingerprint density at radius 3 is 2.81 bits per heavy atom. The molecule has 8 heteroatoms. The van der Waals surface area contributed by atoms with Crippen molar-refractivity contribution < 1.29 is 4.39 Å². The zero-order valence-electron chi connectivity index (χ0n) is 16.1. The summed E-state index contributed by atoms with van der Waals surface area (Å²) < 4.78 is 13.6. The van der Waals surface area contributed by atoms with Gasteiger partial charge in [0, 0.05) is 33.6 Å². The monoisotopic (exact) mass is 390 g/mol. The molecule has 1 aromatic heterocycles. The summed E-state index contributed by atoms with van der Waals surface area (Å²) in [6.07, 6.45) is 1.79. The minimum absolute atomic E-state index is 0.274. The maximum Gasteiger partial charge on any atom is 0.150 e. The number of para-hydroxylation sites is 1. The van der Waals surface area contributed by atoms with Crippen molar-refractivity contribution in [2.24, 2.45) is 9.98 Å². The average molecular weight is 391 g/mol.